The third-order valence-electron chi connectivity index (χ3n) is 7.56. The summed E-state index contributed by atoms with van der Waals surface area (Å²) in [6.07, 6.45) is 7.71. The molecule has 2 unspecified atom stereocenters. The molecule has 1 aromatic heterocycles. The summed E-state index contributed by atoms with van der Waals surface area (Å²) in [6.45, 7) is 14.4. The van der Waals surface area contributed by atoms with Gasteiger partial charge in [-0.15, -0.1) is 0 Å². The van der Waals surface area contributed by atoms with Gasteiger partial charge in [-0.2, -0.15) is 4.37 Å². The van der Waals surface area contributed by atoms with Gasteiger partial charge in [-0.05, 0) is 49.0 Å². The molecule has 2 heterocycles. The minimum atomic E-state index is -0.547. The zero-order valence-electron chi connectivity index (χ0n) is 23.7. The first-order valence-corrected chi connectivity index (χ1v) is 14.4. The van der Waals surface area contributed by atoms with E-state index in [1.807, 2.05) is 46.1 Å². The third-order valence-corrected chi connectivity index (χ3v) is 8.17. The van der Waals surface area contributed by atoms with Crippen LogP contribution in [0.3, 0.4) is 0 Å². The smallest absolute Gasteiger partial charge is 0.311 e. The quantitative estimate of drug-likeness (QED) is 0.184. The number of ether oxygens (including phenoxy) is 2. The van der Waals surface area contributed by atoms with Crippen LogP contribution in [0.2, 0.25) is 0 Å². The highest BCUT2D eigenvalue weighted by Crippen LogP contribution is 2.38. The molecule has 0 fully saturated rings. The first-order valence-electron chi connectivity index (χ1n) is 13.6. The number of carbonyl (C=O) groups excluding carboxylic acids is 1. The number of aromatic hydroxyl groups is 1. The van der Waals surface area contributed by atoms with Crippen LogP contribution in [0.15, 0.2) is 23.6 Å². The molecule has 0 amide bonds. The average molecular weight is 530 g/mol. The Hall–Kier alpha value is -2.38. The van der Waals surface area contributed by atoms with Gasteiger partial charge in [-0.1, -0.05) is 52.2 Å². The van der Waals surface area contributed by atoms with Crippen LogP contribution in [0, 0.1) is 13.8 Å². The molecule has 0 spiro atoms. The van der Waals surface area contributed by atoms with E-state index in [1.165, 1.54) is 30.8 Å². The van der Waals surface area contributed by atoms with Crippen LogP contribution in [-0.4, -0.2) is 52.9 Å². The number of carbonyl (C=O) groups is 1. The van der Waals surface area contributed by atoms with Crippen LogP contribution < -0.4 is 4.74 Å². The second-order valence-electron chi connectivity index (χ2n) is 11.4. The Morgan fingerprint density at radius 2 is 2.00 bits per heavy atom. The molecule has 0 saturated carbocycles. The maximum absolute atomic E-state index is 13.1. The molecule has 3 rings (SSSR count). The van der Waals surface area contributed by atoms with E-state index in [9.17, 15) is 9.90 Å². The van der Waals surface area contributed by atoms with E-state index >= 15 is 0 Å². The van der Waals surface area contributed by atoms with Gasteiger partial charge >= 0.3 is 5.97 Å². The lowest BCUT2D eigenvalue weighted by molar-refractivity contribution is -0.944. The fourth-order valence-corrected chi connectivity index (χ4v) is 6.08. The van der Waals surface area contributed by atoms with E-state index in [2.05, 4.69) is 24.4 Å². The Morgan fingerprint density at radius 1 is 1.24 bits per heavy atom. The number of nitrogens with zero attached hydrogens (tertiary/aromatic N) is 2. The average Bonchev–Trinajstić information content (AvgIpc) is 3.26. The Bertz CT molecular complexity index is 1080. The van der Waals surface area contributed by atoms with Crippen molar-refractivity contribution < 1.29 is 23.9 Å². The van der Waals surface area contributed by atoms with Crippen molar-refractivity contribution in [3.8, 4) is 11.5 Å². The highest BCUT2D eigenvalue weighted by molar-refractivity contribution is 7.04. The molecule has 0 radical (unpaired) electrons. The van der Waals surface area contributed by atoms with Crippen LogP contribution in [0.25, 0.3) is 5.57 Å². The summed E-state index contributed by atoms with van der Waals surface area (Å²) in [5, 5.41) is 12.6. The molecule has 2 atom stereocenters. The third kappa shape index (κ3) is 7.35. The Labute approximate surface area is 227 Å². The topological polar surface area (TPSA) is 68.7 Å². The normalized spacial score (nSPS) is 18.8. The lowest BCUT2D eigenvalue weighted by Crippen LogP contribution is -2.55. The van der Waals surface area contributed by atoms with Crippen molar-refractivity contribution in [1.29, 1.82) is 0 Å². The van der Waals surface area contributed by atoms with Crippen LogP contribution in [0.5, 0.6) is 11.5 Å². The lowest BCUT2D eigenvalue weighted by atomic mass is 9.78. The zero-order chi connectivity index (χ0) is 27.2. The van der Waals surface area contributed by atoms with Crippen molar-refractivity contribution in [1.82, 2.24) is 4.37 Å². The van der Waals surface area contributed by atoms with Crippen molar-refractivity contribution in [3.05, 3.63) is 46.0 Å². The van der Waals surface area contributed by atoms with E-state index in [4.69, 9.17) is 9.47 Å². The fraction of sp³-hybridized carbons (Fsp3) is 0.600. The van der Waals surface area contributed by atoms with Gasteiger partial charge in [-0.25, -0.2) is 0 Å². The van der Waals surface area contributed by atoms with Gasteiger partial charge in [-0.3, -0.25) is 9.28 Å². The molecule has 1 N–H and O–H groups in total. The molecule has 204 valence electrons. The van der Waals surface area contributed by atoms with Crippen molar-refractivity contribution in [2.75, 3.05) is 26.7 Å². The van der Waals surface area contributed by atoms with Gasteiger partial charge in [0.05, 0.1) is 32.0 Å². The summed E-state index contributed by atoms with van der Waals surface area (Å²) >= 11 is 1.43. The molecule has 1 aliphatic rings. The highest BCUT2D eigenvalue weighted by atomic mass is 32.1. The molecule has 6 nitrogen and oxygen atoms in total. The number of rotatable bonds is 12. The second-order valence-corrected chi connectivity index (χ2v) is 12.1. The maximum atomic E-state index is 13.1. The van der Waals surface area contributed by atoms with Gasteiger partial charge in [0, 0.05) is 29.9 Å². The van der Waals surface area contributed by atoms with Crippen molar-refractivity contribution in [2.24, 2.45) is 0 Å². The predicted octanol–water partition coefficient (Wildman–Crippen LogP) is 6.92. The van der Waals surface area contributed by atoms with E-state index in [0.29, 0.717) is 11.1 Å². The molecule has 37 heavy (non-hydrogen) atoms. The molecule has 0 bridgehead atoms. The first kappa shape index (κ1) is 29.2. The number of aryl methyl sites for hydroxylation is 2. The van der Waals surface area contributed by atoms with Crippen LogP contribution in [0.4, 0.5) is 0 Å². The summed E-state index contributed by atoms with van der Waals surface area (Å²) in [7, 11) is 2.14. The Morgan fingerprint density at radius 3 is 2.70 bits per heavy atom. The standard InChI is InChI=1S/C30H44N2O4S/c1-8-9-10-11-15-35-26-20-37-31-29(26)24-13-12-14-32(7,19-24)23(4)36-27(34)18-30(5,6)28-22(3)16-21(2)17-25(28)33/h13,16-17,20,23H,8-12,14-15,18-19H2,1-7H3/p+1. The number of benzene rings is 1. The number of hydrogen-bond acceptors (Lipinski definition) is 6. The van der Waals surface area contributed by atoms with E-state index in [-0.39, 0.29) is 24.4 Å². The van der Waals surface area contributed by atoms with Gasteiger partial charge < -0.3 is 14.6 Å². The number of quaternary nitrogens is 1. The number of unbranched alkanes of at least 4 members (excludes halogenated alkanes) is 3. The van der Waals surface area contributed by atoms with Crippen molar-refractivity contribution in [2.45, 2.75) is 91.7 Å². The number of likely N-dealkylation sites (N-methyl/N-ethyl adjacent to an activating group) is 1. The summed E-state index contributed by atoms with van der Waals surface area (Å²) < 4.78 is 17.4. The zero-order valence-corrected chi connectivity index (χ0v) is 24.5. The largest absolute Gasteiger partial charge is 0.508 e. The van der Waals surface area contributed by atoms with Gasteiger partial charge in [0.1, 0.15) is 18.0 Å². The minimum absolute atomic E-state index is 0.194. The van der Waals surface area contributed by atoms with Crippen LogP contribution in [0.1, 0.15) is 88.6 Å². The molecule has 2 aromatic rings. The first-order chi connectivity index (χ1) is 17.5. The second kappa shape index (κ2) is 12.4. The Kier molecular flexibility index (Phi) is 9.81. The molecule has 7 heteroatoms. The molecule has 0 aliphatic carbocycles. The van der Waals surface area contributed by atoms with Gasteiger partial charge in [0.15, 0.2) is 5.75 Å². The molecular weight excluding hydrogens is 484 g/mol. The highest BCUT2D eigenvalue weighted by Gasteiger charge is 2.38. The predicted molar refractivity (Wildman–Crippen MR) is 151 cm³/mol. The molecule has 0 saturated heterocycles. The van der Waals surface area contributed by atoms with E-state index < -0.39 is 5.41 Å². The summed E-state index contributed by atoms with van der Waals surface area (Å²) in [6, 6.07) is 3.80. The van der Waals surface area contributed by atoms with Gasteiger partial charge in [0.25, 0.3) is 0 Å². The summed E-state index contributed by atoms with van der Waals surface area (Å²) in [5.41, 5.74) is 4.32. The number of aromatic nitrogens is 1. The van der Waals surface area contributed by atoms with Crippen molar-refractivity contribution >= 4 is 23.1 Å². The summed E-state index contributed by atoms with van der Waals surface area (Å²) in [5.74, 6) is 0.845. The van der Waals surface area contributed by atoms with Crippen LogP contribution in [-0.2, 0) is 14.9 Å². The van der Waals surface area contributed by atoms with E-state index in [1.54, 1.807) is 6.07 Å². The minimum Gasteiger partial charge on any atom is -0.508 e. The number of hydrogen-bond donors (Lipinski definition) is 1. The van der Waals surface area contributed by atoms with Gasteiger partial charge in [0.2, 0.25) is 6.23 Å². The van der Waals surface area contributed by atoms with Crippen LogP contribution >= 0.6 is 11.5 Å². The SMILES string of the molecule is CCCCCCOc1csnc1C1=CCC[N+](C)(C(C)OC(=O)CC(C)(C)c2c(C)cc(C)cc2O)C1. The fourth-order valence-electron chi connectivity index (χ4n) is 5.44. The maximum Gasteiger partial charge on any atom is 0.311 e. The van der Waals surface area contributed by atoms with Crippen molar-refractivity contribution in [3.63, 3.8) is 0 Å². The Balaban J connectivity index is 1.64. The molecular formula is C30H45N2O4S+. The number of phenolic OH excluding ortho intramolecular Hbond substituents is 1. The van der Waals surface area contributed by atoms with E-state index in [0.717, 1.165) is 59.6 Å². The monoisotopic (exact) mass is 529 g/mol. The number of esters is 1. The summed E-state index contributed by atoms with van der Waals surface area (Å²) in [4.78, 5) is 13.1. The molecule has 1 aliphatic heterocycles. The molecule has 1 aromatic carbocycles. The lowest BCUT2D eigenvalue weighted by Gasteiger charge is -2.41. The number of phenols is 1.